The van der Waals surface area contributed by atoms with E-state index < -0.39 is 0 Å². The molecule has 0 aliphatic carbocycles. The van der Waals surface area contributed by atoms with E-state index in [2.05, 4.69) is 13.2 Å². The summed E-state index contributed by atoms with van der Waals surface area (Å²) in [5, 5.41) is 0. The standard InChI is InChI=1S/C10H12O/c1-4-7-8-9(5-2)10(11)6-3/h4-8H,2-3H2,1H3/b7-4-,9-8+. The molecule has 0 heterocycles. The molecule has 0 fully saturated rings. The van der Waals surface area contributed by atoms with Crippen LogP contribution in [0.1, 0.15) is 6.92 Å². The molecule has 0 aliphatic rings. The van der Waals surface area contributed by atoms with Gasteiger partial charge >= 0.3 is 0 Å². The summed E-state index contributed by atoms with van der Waals surface area (Å²) in [7, 11) is 0. The van der Waals surface area contributed by atoms with Crippen molar-refractivity contribution < 1.29 is 4.79 Å². The largest absolute Gasteiger partial charge is 0.289 e. The molecule has 1 heteroatoms. The highest BCUT2D eigenvalue weighted by Crippen LogP contribution is 1.98. The molecule has 0 aromatic heterocycles. The highest BCUT2D eigenvalue weighted by molar-refractivity contribution is 6.05. The molecule has 0 saturated carbocycles. The Kier molecular flexibility index (Phi) is 4.74. The van der Waals surface area contributed by atoms with Gasteiger partial charge in [-0.05, 0) is 13.0 Å². The molecule has 0 aromatic rings. The fourth-order valence-corrected chi connectivity index (χ4v) is 0.569. The average molecular weight is 148 g/mol. The maximum absolute atomic E-state index is 11.0. The minimum absolute atomic E-state index is 0.0990. The van der Waals surface area contributed by atoms with Gasteiger partial charge in [0.2, 0.25) is 0 Å². The number of carbonyl (C=O) groups excluding carboxylic acids is 1. The van der Waals surface area contributed by atoms with Gasteiger partial charge in [-0.15, -0.1) is 0 Å². The van der Waals surface area contributed by atoms with Crippen molar-refractivity contribution in [1.29, 1.82) is 0 Å². The summed E-state index contributed by atoms with van der Waals surface area (Å²) >= 11 is 0. The van der Waals surface area contributed by atoms with E-state index in [1.807, 2.05) is 13.0 Å². The summed E-state index contributed by atoms with van der Waals surface area (Å²) in [4.78, 5) is 11.0. The number of ketones is 1. The van der Waals surface area contributed by atoms with Gasteiger partial charge < -0.3 is 0 Å². The highest BCUT2D eigenvalue weighted by Gasteiger charge is 1.96. The van der Waals surface area contributed by atoms with Crippen LogP contribution in [-0.2, 0) is 4.79 Å². The lowest BCUT2D eigenvalue weighted by Crippen LogP contribution is -1.93. The highest BCUT2D eigenvalue weighted by atomic mass is 16.1. The molecule has 0 rings (SSSR count). The minimum Gasteiger partial charge on any atom is -0.289 e. The van der Waals surface area contributed by atoms with E-state index in [1.54, 1.807) is 12.2 Å². The van der Waals surface area contributed by atoms with Gasteiger partial charge in [-0.1, -0.05) is 37.5 Å². The van der Waals surface area contributed by atoms with E-state index in [1.165, 1.54) is 12.2 Å². The second kappa shape index (κ2) is 5.42. The topological polar surface area (TPSA) is 17.1 Å². The number of hydrogen-bond donors (Lipinski definition) is 0. The first-order valence-corrected chi connectivity index (χ1v) is 3.38. The molecular formula is C10H12O. The molecule has 1 nitrogen and oxygen atoms in total. The Bertz CT molecular complexity index is 219. The molecule has 0 aliphatic heterocycles. The van der Waals surface area contributed by atoms with Crippen molar-refractivity contribution in [2.24, 2.45) is 0 Å². The van der Waals surface area contributed by atoms with Crippen molar-refractivity contribution in [2.75, 3.05) is 0 Å². The Morgan fingerprint density at radius 1 is 1.27 bits per heavy atom. The molecule has 0 bridgehead atoms. The fourth-order valence-electron chi connectivity index (χ4n) is 0.569. The zero-order chi connectivity index (χ0) is 8.69. The van der Waals surface area contributed by atoms with Gasteiger partial charge in [0.15, 0.2) is 5.78 Å². The average Bonchev–Trinajstić information content (AvgIpc) is 2.05. The number of carbonyl (C=O) groups is 1. The van der Waals surface area contributed by atoms with E-state index in [0.29, 0.717) is 5.57 Å². The maximum atomic E-state index is 11.0. The second-order valence-electron chi connectivity index (χ2n) is 1.92. The van der Waals surface area contributed by atoms with Crippen LogP contribution in [-0.4, -0.2) is 5.78 Å². The molecule has 0 unspecified atom stereocenters. The first-order valence-electron chi connectivity index (χ1n) is 3.38. The Morgan fingerprint density at radius 3 is 2.27 bits per heavy atom. The van der Waals surface area contributed by atoms with Crippen molar-refractivity contribution in [3.05, 3.63) is 49.1 Å². The predicted octanol–water partition coefficient (Wildman–Crippen LogP) is 2.43. The van der Waals surface area contributed by atoms with Crippen LogP contribution < -0.4 is 0 Å². The molecule has 0 amide bonds. The molecule has 0 spiro atoms. The quantitative estimate of drug-likeness (QED) is 0.442. The molecule has 0 aromatic carbocycles. The van der Waals surface area contributed by atoms with Gasteiger partial charge in [0.05, 0.1) is 0 Å². The zero-order valence-electron chi connectivity index (χ0n) is 6.71. The normalized spacial score (nSPS) is 11.5. The first kappa shape index (κ1) is 9.63. The lowest BCUT2D eigenvalue weighted by molar-refractivity contribution is -0.111. The summed E-state index contributed by atoms with van der Waals surface area (Å²) in [6.07, 6.45) is 8.14. The molecule has 0 N–H and O–H groups in total. The van der Waals surface area contributed by atoms with Crippen molar-refractivity contribution >= 4 is 5.78 Å². The maximum Gasteiger partial charge on any atom is 0.185 e. The van der Waals surface area contributed by atoms with Crippen LogP contribution in [0.5, 0.6) is 0 Å². The van der Waals surface area contributed by atoms with Gasteiger partial charge in [0.1, 0.15) is 0 Å². The molecule has 11 heavy (non-hydrogen) atoms. The molecular weight excluding hydrogens is 136 g/mol. The third kappa shape index (κ3) is 3.36. The number of allylic oxidation sites excluding steroid dienone is 6. The third-order valence-electron chi connectivity index (χ3n) is 1.16. The Morgan fingerprint density at radius 2 is 1.91 bits per heavy atom. The molecule has 0 saturated heterocycles. The Hall–Kier alpha value is -1.37. The summed E-state index contributed by atoms with van der Waals surface area (Å²) in [5.41, 5.74) is 0.568. The van der Waals surface area contributed by atoms with Crippen molar-refractivity contribution in [1.82, 2.24) is 0 Å². The van der Waals surface area contributed by atoms with Crippen molar-refractivity contribution in [2.45, 2.75) is 6.92 Å². The summed E-state index contributed by atoms with van der Waals surface area (Å²) in [5.74, 6) is -0.0990. The van der Waals surface area contributed by atoms with Crippen LogP contribution in [0.4, 0.5) is 0 Å². The van der Waals surface area contributed by atoms with Crippen LogP contribution in [0, 0.1) is 0 Å². The lowest BCUT2D eigenvalue weighted by atomic mass is 10.1. The van der Waals surface area contributed by atoms with Gasteiger partial charge in [-0.25, -0.2) is 0 Å². The molecule has 0 radical (unpaired) electrons. The predicted molar refractivity (Wildman–Crippen MR) is 48.3 cm³/mol. The van der Waals surface area contributed by atoms with Gasteiger partial charge in [0.25, 0.3) is 0 Å². The first-order chi connectivity index (χ1) is 5.26. The Balaban J connectivity index is 4.51. The molecule has 58 valence electrons. The van der Waals surface area contributed by atoms with E-state index in [0.717, 1.165) is 0 Å². The van der Waals surface area contributed by atoms with E-state index >= 15 is 0 Å². The third-order valence-corrected chi connectivity index (χ3v) is 1.16. The monoisotopic (exact) mass is 148 g/mol. The summed E-state index contributed by atoms with van der Waals surface area (Å²) in [6.45, 7) is 8.77. The SMILES string of the molecule is C=CC(=O)/C(C=C)=C/C=C\C. The van der Waals surface area contributed by atoms with Crippen LogP contribution in [0.3, 0.4) is 0 Å². The minimum atomic E-state index is -0.0990. The van der Waals surface area contributed by atoms with E-state index in [9.17, 15) is 4.79 Å². The van der Waals surface area contributed by atoms with Gasteiger partial charge in [-0.3, -0.25) is 4.79 Å². The van der Waals surface area contributed by atoms with Crippen molar-refractivity contribution in [3.63, 3.8) is 0 Å². The fraction of sp³-hybridized carbons (Fsp3) is 0.100. The lowest BCUT2D eigenvalue weighted by Gasteiger charge is -1.91. The van der Waals surface area contributed by atoms with Crippen LogP contribution in [0.25, 0.3) is 0 Å². The van der Waals surface area contributed by atoms with Gasteiger partial charge in [0, 0.05) is 5.57 Å². The summed E-state index contributed by atoms with van der Waals surface area (Å²) < 4.78 is 0. The second-order valence-corrected chi connectivity index (χ2v) is 1.92. The van der Waals surface area contributed by atoms with Crippen LogP contribution >= 0.6 is 0 Å². The van der Waals surface area contributed by atoms with E-state index in [4.69, 9.17) is 0 Å². The van der Waals surface area contributed by atoms with Crippen LogP contribution in [0.2, 0.25) is 0 Å². The number of hydrogen-bond acceptors (Lipinski definition) is 1. The van der Waals surface area contributed by atoms with E-state index in [-0.39, 0.29) is 5.78 Å². The van der Waals surface area contributed by atoms with Gasteiger partial charge in [-0.2, -0.15) is 0 Å². The smallest absolute Gasteiger partial charge is 0.185 e. The molecule has 0 atom stereocenters. The number of rotatable bonds is 4. The van der Waals surface area contributed by atoms with Crippen LogP contribution in [0.15, 0.2) is 49.1 Å². The summed E-state index contributed by atoms with van der Waals surface area (Å²) in [6, 6.07) is 0. The Labute approximate surface area is 67.4 Å². The van der Waals surface area contributed by atoms with Crippen molar-refractivity contribution in [3.8, 4) is 0 Å². The zero-order valence-corrected chi connectivity index (χ0v) is 6.71.